The first-order valence-electron chi connectivity index (χ1n) is 6.40. The number of para-hydroxylation sites is 2. The van der Waals surface area contributed by atoms with Gasteiger partial charge in [-0.2, -0.15) is 0 Å². The molecule has 0 saturated carbocycles. The van der Waals surface area contributed by atoms with E-state index < -0.39 is 0 Å². The molecule has 0 unspecified atom stereocenters. The number of nitrogens with zero attached hydrogens (tertiary/aromatic N) is 1. The van der Waals surface area contributed by atoms with Crippen LogP contribution in [0.2, 0.25) is 0 Å². The summed E-state index contributed by atoms with van der Waals surface area (Å²) in [6.45, 7) is 6.43. The maximum absolute atomic E-state index is 6.12. The van der Waals surface area contributed by atoms with E-state index in [2.05, 4.69) is 25.7 Å². The Morgan fingerprint density at radius 2 is 1.11 bits per heavy atom. The van der Waals surface area contributed by atoms with Crippen molar-refractivity contribution in [2.24, 2.45) is 0 Å². The molecule has 92 valence electrons. The third-order valence-electron chi connectivity index (χ3n) is 3.03. The van der Waals surface area contributed by atoms with E-state index in [1.807, 2.05) is 48.5 Å². The summed E-state index contributed by atoms with van der Waals surface area (Å²) in [7, 11) is 12.2. The van der Waals surface area contributed by atoms with E-state index in [0.717, 1.165) is 22.3 Å². The normalized spacial score (nSPS) is 11.3. The molecule has 2 rings (SSSR count). The van der Waals surface area contributed by atoms with Crippen molar-refractivity contribution < 1.29 is 0 Å². The van der Waals surface area contributed by atoms with Gasteiger partial charge in [-0.3, -0.25) is 0 Å². The molecule has 0 atom stereocenters. The van der Waals surface area contributed by atoms with Crippen LogP contribution < -0.4 is 15.8 Å². The molecule has 2 aromatic carbocycles. The lowest BCUT2D eigenvalue weighted by atomic mass is 9.88. The number of hydrogen-bond acceptors (Lipinski definition) is 1. The van der Waals surface area contributed by atoms with E-state index in [0.29, 0.717) is 0 Å². The number of anilines is 2. The lowest BCUT2D eigenvalue weighted by molar-refractivity contribution is 0.562. The molecule has 1 nitrogen and oxygen atoms in total. The van der Waals surface area contributed by atoms with Crippen LogP contribution in [0.15, 0.2) is 48.5 Å². The highest BCUT2D eigenvalue weighted by Crippen LogP contribution is 2.30. The smallest absolute Gasteiger partial charge is 0.116 e. The van der Waals surface area contributed by atoms with Gasteiger partial charge in [-0.1, -0.05) is 47.3 Å². The minimum atomic E-state index is -0.120. The predicted octanol–water partition coefficient (Wildman–Crippen LogP) is 2.21. The third-order valence-corrected chi connectivity index (χ3v) is 3.03. The maximum Gasteiger partial charge on any atom is 0.116 e. The zero-order chi connectivity index (χ0) is 14.0. The van der Waals surface area contributed by atoms with Crippen molar-refractivity contribution in [1.29, 1.82) is 0 Å². The molecule has 19 heavy (non-hydrogen) atoms. The Balaban J connectivity index is 2.62. The minimum Gasteiger partial charge on any atom is -0.337 e. The van der Waals surface area contributed by atoms with Crippen molar-refractivity contribution >= 4 is 38.0 Å². The van der Waals surface area contributed by atoms with Crippen molar-refractivity contribution in [3.63, 3.8) is 0 Å². The van der Waals surface area contributed by atoms with Crippen LogP contribution in [0.25, 0.3) is 0 Å². The van der Waals surface area contributed by atoms with Gasteiger partial charge in [0.15, 0.2) is 0 Å². The standard InChI is InChI=1S/C16H17B2N/c1-16(2,3)19(14-10-6-4-8-12(14)17)15-11-7-5-9-13(15)18/h4-11H,1-3H3. The molecule has 2 aromatic rings. The van der Waals surface area contributed by atoms with Crippen LogP contribution in [-0.2, 0) is 0 Å². The molecule has 0 bridgehead atoms. The summed E-state index contributed by atoms with van der Waals surface area (Å²) in [5, 5.41) is 0. The Kier molecular flexibility index (Phi) is 3.75. The second kappa shape index (κ2) is 5.16. The van der Waals surface area contributed by atoms with Crippen molar-refractivity contribution in [2.45, 2.75) is 26.3 Å². The highest BCUT2D eigenvalue weighted by molar-refractivity contribution is 6.38. The molecule has 0 aromatic heterocycles. The van der Waals surface area contributed by atoms with Gasteiger partial charge in [-0.25, -0.2) is 0 Å². The Bertz CT molecular complexity index is 527. The van der Waals surface area contributed by atoms with Gasteiger partial charge in [0.2, 0.25) is 0 Å². The Morgan fingerprint density at radius 3 is 1.42 bits per heavy atom. The zero-order valence-electron chi connectivity index (χ0n) is 11.7. The molecule has 0 aliphatic rings. The van der Waals surface area contributed by atoms with Crippen molar-refractivity contribution in [3.05, 3.63) is 48.5 Å². The molecule has 0 amide bonds. The lowest BCUT2D eigenvalue weighted by Crippen LogP contribution is -2.42. The van der Waals surface area contributed by atoms with Gasteiger partial charge in [0.1, 0.15) is 15.7 Å². The maximum atomic E-state index is 6.12. The third kappa shape index (κ3) is 2.86. The van der Waals surface area contributed by atoms with Crippen molar-refractivity contribution in [3.8, 4) is 0 Å². The van der Waals surface area contributed by atoms with Gasteiger partial charge in [-0.15, -0.1) is 0 Å². The second-order valence-electron chi connectivity index (χ2n) is 5.62. The fourth-order valence-corrected chi connectivity index (χ4v) is 2.23. The lowest BCUT2D eigenvalue weighted by Gasteiger charge is -2.40. The Hall–Kier alpha value is -1.63. The molecule has 3 heteroatoms. The first-order valence-corrected chi connectivity index (χ1v) is 6.40. The van der Waals surface area contributed by atoms with Crippen LogP contribution in [0.4, 0.5) is 11.4 Å². The average Bonchev–Trinajstić information content (AvgIpc) is 2.33. The molecule has 4 radical (unpaired) electrons. The fraction of sp³-hybridized carbons (Fsp3) is 0.250. The molecular formula is C16H17B2N. The first kappa shape index (κ1) is 13.8. The molecular weight excluding hydrogens is 228 g/mol. The molecule has 0 aliphatic heterocycles. The van der Waals surface area contributed by atoms with Crippen molar-refractivity contribution in [1.82, 2.24) is 0 Å². The summed E-state index contributed by atoms with van der Waals surface area (Å²) in [5.74, 6) is 0. The zero-order valence-corrected chi connectivity index (χ0v) is 11.7. The molecule has 0 spiro atoms. The van der Waals surface area contributed by atoms with Crippen molar-refractivity contribution in [2.75, 3.05) is 4.90 Å². The van der Waals surface area contributed by atoms with Gasteiger partial charge >= 0.3 is 0 Å². The summed E-state index contributed by atoms with van der Waals surface area (Å²) in [6, 6.07) is 15.7. The van der Waals surface area contributed by atoms with E-state index in [4.69, 9.17) is 15.7 Å². The number of hydrogen-bond donors (Lipinski definition) is 0. The molecule has 0 aliphatic carbocycles. The van der Waals surface area contributed by atoms with Crippen LogP contribution in [0.3, 0.4) is 0 Å². The molecule has 0 fully saturated rings. The number of rotatable bonds is 2. The van der Waals surface area contributed by atoms with Crippen LogP contribution in [0, 0.1) is 0 Å². The monoisotopic (exact) mass is 245 g/mol. The van der Waals surface area contributed by atoms with Gasteiger partial charge in [0, 0.05) is 16.9 Å². The highest BCUT2D eigenvalue weighted by atomic mass is 15.2. The molecule has 0 N–H and O–H groups in total. The predicted molar refractivity (Wildman–Crippen MR) is 85.6 cm³/mol. The van der Waals surface area contributed by atoms with Crippen LogP contribution >= 0.6 is 0 Å². The van der Waals surface area contributed by atoms with E-state index in [-0.39, 0.29) is 5.54 Å². The van der Waals surface area contributed by atoms with Crippen LogP contribution in [0.5, 0.6) is 0 Å². The summed E-state index contributed by atoms with van der Waals surface area (Å²) < 4.78 is 0. The van der Waals surface area contributed by atoms with Gasteiger partial charge < -0.3 is 4.90 Å². The van der Waals surface area contributed by atoms with Gasteiger partial charge in [0.25, 0.3) is 0 Å². The topological polar surface area (TPSA) is 3.24 Å². The average molecular weight is 245 g/mol. The fourth-order valence-electron chi connectivity index (χ4n) is 2.23. The number of benzene rings is 2. The quantitative estimate of drug-likeness (QED) is 0.733. The Labute approximate surface area is 118 Å². The molecule has 0 saturated heterocycles. The van der Waals surface area contributed by atoms with Crippen LogP contribution in [-0.4, -0.2) is 21.2 Å². The summed E-state index contributed by atoms with van der Waals surface area (Å²) in [4.78, 5) is 2.18. The second-order valence-corrected chi connectivity index (χ2v) is 5.62. The van der Waals surface area contributed by atoms with E-state index in [9.17, 15) is 0 Å². The first-order chi connectivity index (χ1) is 8.91. The van der Waals surface area contributed by atoms with Gasteiger partial charge in [0.05, 0.1) is 0 Å². The minimum absolute atomic E-state index is 0.120. The van der Waals surface area contributed by atoms with Crippen LogP contribution in [0.1, 0.15) is 20.8 Å². The summed E-state index contributed by atoms with van der Waals surface area (Å²) in [5.41, 5.74) is 3.34. The van der Waals surface area contributed by atoms with E-state index in [1.165, 1.54) is 0 Å². The van der Waals surface area contributed by atoms with E-state index in [1.54, 1.807) is 0 Å². The highest BCUT2D eigenvalue weighted by Gasteiger charge is 2.25. The van der Waals surface area contributed by atoms with Gasteiger partial charge in [-0.05, 0) is 32.9 Å². The van der Waals surface area contributed by atoms with E-state index >= 15 is 0 Å². The summed E-state index contributed by atoms with van der Waals surface area (Å²) in [6.07, 6.45) is 0. The SMILES string of the molecule is [B]c1ccccc1N(c1ccccc1[B])C(C)(C)C. The Morgan fingerprint density at radius 1 is 0.737 bits per heavy atom. The summed E-state index contributed by atoms with van der Waals surface area (Å²) >= 11 is 0. The largest absolute Gasteiger partial charge is 0.337 e. The molecule has 0 heterocycles.